The van der Waals surface area contributed by atoms with Gasteiger partial charge in [0.05, 0.1) is 12.7 Å². The first-order chi connectivity index (χ1) is 7.81. The molecule has 2 saturated heterocycles. The lowest BCUT2D eigenvalue weighted by Crippen LogP contribution is -2.53. The van der Waals surface area contributed by atoms with E-state index in [4.69, 9.17) is 15.2 Å². The van der Waals surface area contributed by atoms with E-state index in [0.29, 0.717) is 18.1 Å². The van der Waals surface area contributed by atoms with Gasteiger partial charge in [-0.1, -0.05) is 0 Å². The van der Waals surface area contributed by atoms with Gasteiger partial charge < -0.3 is 15.2 Å². The summed E-state index contributed by atoms with van der Waals surface area (Å²) in [4.78, 5) is 2.52. The van der Waals surface area contributed by atoms with Crippen molar-refractivity contribution in [3.8, 4) is 0 Å². The molecule has 2 heterocycles. The fraction of sp³-hybridized carbons (Fsp3) is 1.00. The Bertz CT molecular complexity index is 207. The summed E-state index contributed by atoms with van der Waals surface area (Å²) in [6.45, 7) is 7.62. The Morgan fingerprint density at radius 2 is 2.06 bits per heavy atom. The molecule has 94 valence electrons. The third-order valence-corrected chi connectivity index (χ3v) is 3.79. The third kappa shape index (κ3) is 2.94. The molecule has 0 spiro atoms. The number of rotatable bonds is 3. The molecule has 0 aromatic rings. The fourth-order valence-electron chi connectivity index (χ4n) is 2.89. The SMILES string of the molecule is CC1CN(C(CN)C2CCOCC2)CCO1. The van der Waals surface area contributed by atoms with Crippen LogP contribution in [0.3, 0.4) is 0 Å². The van der Waals surface area contributed by atoms with Crippen molar-refractivity contribution in [2.45, 2.75) is 31.9 Å². The highest BCUT2D eigenvalue weighted by molar-refractivity contribution is 4.84. The van der Waals surface area contributed by atoms with Crippen molar-refractivity contribution in [1.29, 1.82) is 0 Å². The van der Waals surface area contributed by atoms with Crippen LogP contribution in [0.5, 0.6) is 0 Å². The van der Waals surface area contributed by atoms with E-state index in [1.165, 1.54) is 0 Å². The van der Waals surface area contributed by atoms with Crippen LogP contribution in [-0.2, 0) is 9.47 Å². The van der Waals surface area contributed by atoms with Crippen molar-refractivity contribution in [2.75, 3.05) is 39.5 Å². The molecule has 0 aromatic carbocycles. The lowest BCUT2D eigenvalue weighted by Gasteiger charge is -2.41. The van der Waals surface area contributed by atoms with Crippen molar-refractivity contribution in [3.05, 3.63) is 0 Å². The number of hydrogen-bond acceptors (Lipinski definition) is 4. The summed E-state index contributed by atoms with van der Waals surface area (Å²) >= 11 is 0. The number of morpholine rings is 1. The van der Waals surface area contributed by atoms with Crippen LogP contribution in [-0.4, -0.2) is 56.5 Å². The first-order valence-electron chi connectivity index (χ1n) is 6.44. The molecule has 0 bridgehead atoms. The van der Waals surface area contributed by atoms with Crippen LogP contribution >= 0.6 is 0 Å². The molecule has 0 aliphatic carbocycles. The van der Waals surface area contributed by atoms with Gasteiger partial charge in [-0.3, -0.25) is 4.90 Å². The highest BCUT2D eigenvalue weighted by Gasteiger charge is 2.30. The molecule has 0 aromatic heterocycles. The molecular weight excluding hydrogens is 204 g/mol. The summed E-state index contributed by atoms with van der Waals surface area (Å²) in [5.41, 5.74) is 5.96. The maximum Gasteiger partial charge on any atom is 0.0674 e. The van der Waals surface area contributed by atoms with Gasteiger partial charge in [0.15, 0.2) is 0 Å². The van der Waals surface area contributed by atoms with Crippen LogP contribution in [0.4, 0.5) is 0 Å². The van der Waals surface area contributed by atoms with Crippen LogP contribution in [0.2, 0.25) is 0 Å². The van der Waals surface area contributed by atoms with E-state index >= 15 is 0 Å². The normalized spacial score (nSPS) is 31.5. The summed E-state index contributed by atoms with van der Waals surface area (Å²) in [7, 11) is 0. The van der Waals surface area contributed by atoms with Crippen LogP contribution in [0, 0.1) is 5.92 Å². The van der Waals surface area contributed by atoms with Crippen LogP contribution in [0.25, 0.3) is 0 Å². The molecule has 4 nitrogen and oxygen atoms in total. The number of nitrogens with two attached hydrogens (primary N) is 1. The molecule has 2 unspecified atom stereocenters. The van der Waals surface area contributed by atoms with E-state index < -0.39 is 0 Å². The van der Waals surface area contributed by atoms with E-state index in [-0.39, 0.29) is 0 Å². The summed E-state index contributed by atoms with van der Waals surface area (Å²) in [5.74, 6) is 0.712. The van der Waals surface area contributed by atoms with Gasteiger partial charge in [0.2, 0.25) is 0 Å². The lowest BCUT2D eigenvalue weighted by molar-refractivity contribution is -0.0531. The van der Waals surface area contributed by atoms with E-state index in [2.05, 4.69) is 11.8 Å². The molecule has 0 radical (unpaired) electrons. The Labute approximate surface area is 98.1 Å². The second-order valence-corrected chi connectivity index (χ2v) is 4.93. The Kier molecular flexibility index (Phi) is 4.58. The van der Waals surface area contributed by atoms with Crippen molar-refractivity contribution in [1.82, 2.24) is 4.90 Å². The quantitative estimate of drug-likeness (QED) is 0.762. The smallest absolute Gasteiger partial charge is 0.0674 e. The topological polar surface area (TPSA) is 47.7 Å². The number of ether oxygens (including phenoxy) is 2. The molecule has 2 N–H and O–H groups in total. The molecule has 0 saturated carbocycles. The molecule has 2 atom stereocenters. The summed E-state index contributed by atoms with van der Waals surface area (Å²) in [6, 6.07) is 0.523. The molecular formula is C12H24N2O2. The standard InChI is InChI=1S/C12H24N2O2/c1-10-9-14(4-7-16-10)12(8-13)11-2-5-15-6-3-11/h10-12H,2-9,13H2,1H3. The van der Waals surface area contributed by atoms with E-state index in [9.17, 15) is 0 Å². The van der Waals surface area contributed by atoms with Gasteiger partial charge in [-0.15, -0.1) is 0 Å². The largest absolute Gasteiger partial charge is 0.381 e. The van der Waals surface area contributed by atoms with Crippen molar-refractivity contribution in [2.24, 2.45) is 11.7 Å². The third-order valence-electron chi connectivity index (χ3n) is 3.79. The molecule has 2 aliphatic heterocycles. The Hall–Kier alpha value is -0.160. The molecule has 4 heteroatoms. The maximum atomic E-state index is 5.96. The highest BCUT2D eigenvalue weighted by Crippen LogP contribution is 2.23. The molecule has 2 fully saturated rings. The summed E-state index contributed by atoms with van der Waals surface area (Å²) < 4.78 is 11.0. The average Bonchev–Trinajstić information content (AvgIpc) is 2.31. The Balaban J connectivity index is 1.91. The van der Waals surface area contributed by atoms with Crippen molar-refractivity contribution in [3.63, 3.8) is 0 Å². The van der Waals surface area contributed by atoms with Gasteiger partial charge in [0, 0.05) is 38.9 Å². The van der Waals surface area contributed by atoms with Gasteiger partial charge in [-0.2, -0.15) is 0 Å². The predicted molar refractivity (Wildman–Crippen MR) is 63.4 cm³/mol. The second-order valence-electron chi connectivity index (χ2n) is 4.93. The lowest BCUT2D eigenvalue weighted by atomic mass is 9.90. The number of nitrogens with zero attached hydrogens (tertiary/aromatic N) is 1. The first-order valence-corrected chi connectivity index (χ1v) is 6.44. The van der Waals surface area contributed by atoms with Crippen LogP contribution in [0.15, 0.2) is 0 Å². The zero-order chi connectivity index (χ0) is 11.4. The van der Waals surface area contributed by atoms with Gasteiger partial charge in [0.25, 0.3) is 0 Å². The summed E-state index contributed by atoms with van der Waals surface area (Å²) in [6.07, 6.45) is 2.67. The van der Waals surface area contributed by atoms with Gasteiger partial charge >= 0.3 is 0 Å². The van der Waals surface area contributed by atoms with Crippen molar-refractivity contribution < 1.29 is 9.47 Å². The zero-order valence-corrected chi connectivity index (χ0v) is 10.2. The van der Waals surface area contributed by atoms with Crippen LogP contribution < -0.4 is 5.73 Å². The van der Waals surface area contributed by atoms with E-state index in [1.54, 1.807) is 0 Å². The first kappa shape index (κ1) is 12.3. The van der Waals surface area contributed by atoms with Gasteiger partial charge in [-0.25, -0.2) is 0 Å². The summed E-state index contributed by atoms with van der Waals surface area (Å²) in [5, 5.41) is 0. The highest BCUT2D eigenvalue weighted by atomic mass is 16.5. The van der Waals surface area contributed by atoms with E-state index in [0.717, 1.165) is 52.3 Å². The minimum absolute atomic E-state index is 0.350. The van der Waals surface area contributed by atoms with Crippen LogP contribution in [0.1, 0.15) is 19.8 Å². The minimum Gasteiger partial charge on any atom is -0.381 e. The van der Waals surface area contributed by atoms with Gasteiger partial charge in [0.1, 0.15) is 0 Å². The maximum absolute atomic E-state index is 5.96. The Morgan fingerprint density at radius 1 is 1.31 bits per heavy atom. The molecule has 0 amide bonds. The number of hydrogen-bond donors (Lipinski definition) is 1. The minimum atomic E-state index is 0.350. The monoisotopic (exact) mass is 228 g/mol. The van der Waals surface area contributed by atoms with E-state index in [1.807, 2.05) is 0 Å². The van der Waals surface area contributed by atoms with Crippen molar-refractivity contribution >= 4 is 0 Å². The molecule has 16 heavy (non-hydrogen) atoms. The van der Waals surface area contributed by atoms with Gasteiger partial charge in [-0.05, 0) is 25.7 Å². The zero-order valence-electron chi connectivity index (χ0n) is 10.2. The molecule has 2 rings (SSSR count). The average molecular weight is 228 g/mol. The fourth-order valence-corrected chi connectivity index (χ4v) is 2.89. The second kappa shape index (κ2) is 5.96. The predicted octanol–water partition coefficient (Wildman–Crippen LogP) is 0.461. The Morgan fingerprint density at radius 3 is 2.69 bits per heavy atom. The molecule has 2 aliphatic rings.